The SMILES string of the molecule is COc1cc(-c2csc(Nc3ccccc3)n2)cc([N+](=O)[O-])c1O.NC(=S)Nc1ccccc1. The highest BCUT2D eigenvalue weighted by molar-refractivity contribution is 7.80. The van der Waals surface area contributed by atoms with Crippen molar-refractivity contribution in [1.29, 1.82) is 0 Å². The van der Waals surface area contributed by atoms with E-state index in [0.29, 0.717) is 21.5 Å². The van der Waals surface area contributed by atoms with Crippen molar-refractivity contribution in [3.63, 3.8) is 0 Å². The predicted molar refractivity (Wildman–Crippen MR) is 139 cm³/mol. The van der Waals surface area contributed by atoms with Gasteiger partial charge in [-0.05, 0) is 42.5 Å². The van der Waals surface area contributed by atoms with E-state index >= 15 is 0 Å². The number of nitrogens with zero attached hydrogens (tertiary/aromatic N) is 2. The molecule has 0 saturated heterocycles. The third-order valence-electron chi connectivity index (χ3n) is 4.34. The van der Waals surface area contributed by atoms with Crippen LogP contribution in [0.2, 0.25) is 0 Å². The number of phenolic OH excluding ortho intramolecular Hbond substituents is 1. The van der Waals surface area contributed by atoms with Crippen LogP contribution in [0.3, 0.4) is 0 Å². The molecule has 0 saturated carbocycles. The lowest BCUT2D eigenvalue weighted by atomic mass is 10.1. The summed E-state index contributed by atoms with van der Waals surface area (Å²) < 4.78 is 5.01. The minimum Gasteiger partial charge on any atom is -0.500 e. The lowest BCUT2D eigenvalue weighted by Crippen LogP contribution is -2.18. The van der Waals surface area contributed by atoms with E-state index in [1.54, 1.807) is 5.38 Å². The molecule has 4 aromatic rings. The Morgan fingerprint density at radius 2 is 1.74 bits per heavy atom. The first-order chi connectivity index (χ1) is 16.4. The van der Waals surface area contributed by atoms with Crippen molar-refractivity contribution in [2.75, 3.05) is 17.7 Å². The number of rotatable bonds is 6. The number of nitrogens with two attached hydrogens (primary N) is 1. The number of phenols is 1. The Morgan fingerprint density at radius 3 is 2.29 bits per heavy atom. The first-order valence-corrected chi connectivity index (χ1v) is 11.1. The molecule has 5 N–H and O–H groups in total. The van der Waals surface area contributed by atoms with Gasteiger partial charge in [0.2, 0.25) is 5.75 Å². The number of thiocarbonyl (C=S) groups is 1. The second-order valence-corrected chi connectivity index (χ2v) is 7.99. The number of para-hydroxylation sites is 2. The summed E-state index contributed by atoms with van der Waals surface area (Å²) >= 11 is 6.02. The van der Waals surface area contributed by atoms with Gasteiger partial charge in [0.05, 0.1) is 17.7 Å². The average molecular weight is 496 g/mol. The highest BCUT2D eigenvalue weighted by Gasteiger charge is 2.21. The third-order valence-corrected chi connectivity index (χ3v) is 5.20. The van der Waals surface area contributed by atoms with Gasteiger partial charge in [-0.2, -0.15) is 0 Å². The minimum atomic E-state index is -0.656. The zero-order chi connectivity index (χ0) is 24.5. The second kappa shape index (κ2) is 11.6. The van der Waals surface area contributed by atoms with Crippen LogP contribution in [0.4, 0.5) is 22.2 Å². The highest BCUT2D eigenvalue weighted by atomic mass is 32.1. The number of nitrogens with one attached hydrogen (secondary N) is 2. The van der Waals surface area contributed by atoms with Crippen molar-refractivity contribution in [2.24, 2.45) is 5.73 Å². The highest BCUT2D eigenvalue weighted by Crippen LogP contribution is 2.40. The molecule has 0 amide bonds. The van der Waals surface area contributed by atoms with Crippen LogP contribution in [0.5, 0.6) is 11.5 Å². The maximum Gasteiger partial charge on any atom is 0.315 e. The van der Waals surface area contributed by atoms with E-state index in [0.717, 1.165) is 11.4 Å². The number of methoxy groups -OCH3 is 1. The van der Waals surface area contributed by atoms with E-state index < -0.39 is 16.4 Å². The molecule has 174 valence electrons. The van der Waals surface area contributed by atoms with Gasteiger partial charge in [0.25, 0.3) is 0 Å². The van der Waals surface area contributed by atoms with Gasteiger partial charge in [-0.25, -0.2) is 4.98 Å². The minimum absolute atomic E-state index is 0.0322. The molecule has 34 heavy (non-hydrogen) atoms. The lowest BCUT2D eigenvalue weighted by Gasteiger charge is -2.06. The van der Waals surface area contributed by atoms with Gasteiger partial charge in [-0.3, -0.25) is 10.1 Å². The Balaban J connectivity index is 0.000000271. The van der Waals surface area contributed by atoms with E-state index in [2.05, 4.69) is 27.8 Å². The fourth-order valence-electron chi connectivity index (χ4n) is 2.81. The molecule has 0 unspecified atom stereocenters. The van der Waals surface area contributed by atoms with E-state index in [-0.39, 0.29) is 5.75 Å². The van der Waals surface area contributed by atoms with Crippen LogP contribution in [-0.4, -0.2) is 27.2 Å². The number of nitro benzene ring substituents is 1. The molecular formula is C23H21N5O4S2. The summed E-state index contributed by atoms with van der Waals surface area (Å²) in [6.45, 7) is 0. The molecule has 0 spiro atoms. The van der Waals surface area contributed by atoms with E-state index in [1.807, 2.05) is 60.7 Å². The smallest absolute Gasteiger partial charge is 0.315 e. The van der Waals surface area contributed by atoms with Crippen molar-refractivity contribution >= 4 is 50.9 Å². The first-order valence-electron chi connectivity index (χ1n) is 9.82. The van der Waals surface area contributed by atoms with Gasteiger partial charge in [0.1, 0.15) is 0 Å². The second-order valence-electron chi connectivity index (χ2n) is 6.69. The maximum atomic E-state index is 11.1. The van der Waals surface area contributed by atoms with Crippen molar-refractivity contribution < 1.29 is 14.8 Å². The molecular weight excluding hydrogens is 474 g/mol. The largest absolute Gasteiger partial charge is 0.500 e. The molecule has 0 aliphatic carbocycles. The lowest BCUT2D eigenvalue weighted by molar-refractivity contribution is -0.385. The molecule has 0 atom stereocenters. The van der Waals surface area contributed by atoms with Crippen LogP contribution in [0.15, 0.2) is 78.2 Å². The van der Waals surface area contributed by atoms with Gasteiger partial charge >= 0.3 is 5.69 Å². The van der Waals surface area contributed by atoms with Crippen LogP contribution in [0.25, 0.3) is 11.3 Å². The molecule has 11 heteroatoms. The summed E-state index contributed by atoms with van der Waals surface area (Å²) in [6, 6.07) is 21.9. The molecule has 3 aromatic carbocycles. The fourth-order valence-corrected chi connectivity index (χ4v) is 3.67. The van der Waals surface area contributed by atoms with Gasteiger partial charge in [-0.1, -0.05) is 36.4 Å². The van der Waals surface area contributed by atoms with E-state index in [9.17, 15) is 15.2 Å². The predicted octanol–water partition coefficient (Wildman–Crippen LogP) is 5.52. The Labute approximate surface area is 205 Å². The molecule has 9 nitrogen and oxygen atoms in total. The van der Waals surface area contributed by atoms with Crippen LogP contribution < -0.4 is 21.1 Å². The Morgan fingerprint density at radius 1 is 1.12 bits per heavy atom. The number of hydrogen-bond donors (Lipinski definition) is 4. The maximum absolute atomic E-state index is 11.1. The summed E-state index contributed by atoms with van der Waals surface area (Å²) in [4.78, 5) is 14.9. The van der Waals surface area contributed by atoms with Crippen molar-refractivity contribution in [1.82, 2.24) is 4.98 Å². The molecule has 0 bridgehead atoms. The molecule has 0 fully saturated rings. The zero-order valence-corrected chi connectivity index (χ0v) is 19.6. The number of thiazole rings is 1. The summed E-state index contributed by atoms with van der Waals surface area (Å²) in [5.41, 5.74) is 7.69. The topological polar surface area (TPSA) is 136 Å². The van der Waals surface area contributed by atoms with Gasteiger partial charge in [-0.15, -0.1) is 11.3 Å². The average Bonchev–Trinajstić information content (AvgIpc) is 3.29. The molecule has 1 heterocycles. The number of nitro groups is 1. The molecule has 0 aliphatic heterocycles. The zero-order valence-electron chi connectivity index (χ0n) is 18.0. The van der Waals surface area contributed by atoms with Crippen LogP contribution in [-0.2, 0) is 0 Å². The Kier molecular flexibility index (Phi) is 8.32. The quantitative estimate of drug-likeness (QED) is 0.155. The molecule has 0 radical (unpaired) electrons. The summed E-state index contributed by atoms with van der Waals surface area (Å²) in [5.74, 6) is -0.464. The van der Waals surface area contributed by atoms with Crippen LogP contribution >= 0.6 is 23.6 Å². The number of ether oxygens (including phenoxy) is 1. The third kappa shape index (κ3) is 6.64. The summed E-state index contributed by atoms with van der Waals surface area (Å²) in [6.07, 6.45) is 0. The van der Waals surface area contributed by atoms with Crippen LogP contribution in [0, 0.1) is 10.1 Å². The van der Waals surface area contributed by atoms with Crippen molar-refractivity contribution in [2.45, 2.75) is 0 Å². The van der Waals surface area contributed by atoms with Gasteiger partial charge in [0.15, 0.2) is 16.0 Å². The number of aromatic hydroxyl groups is 1. The number of anilines is 3. The van der Waals surface area contributed by atoms with E-state index in [4.69, 9.17) is 10.5 Å². The van der Waals surface area contributed by atoms with Crippen LogP contribution in [0.1, 0.15) is 0 Å². The van der Waals surface area contributed by atoms with E-state index in [1.165, 1.54) is 30.6 Å². The summed E-state index contributed by atoms with van der Waals surface area (Å²) in [5, 5.41) is 29.6. The number of benzene rings is 3. The Hall–Kier alpha value is -4.22. The van der Waals surface area contributed by atoms with Gasteiger partial charge in [0, 0.05) is 28.4 Å². The number of hydrogen-bond acceptors (Lipinski definition) is 8. The Bertz CT molecular complexity index is 1270. The molecule has 4 rings (SSSR count). The molecule has 0 aliphatic rings. The van der Waals surface area contributed by atoms with Gasteiger partial charge < -0.3 is 26.2 Å². The normalized spacial score (nSPS) is 9.91. The number of aromatic nitrogens is 1. The standard InChI is InChI=1S/C16H13N3O4S.C7H8N2S/c1-23-14-8-10(7-13(15(14)20)19(21)22)12-9-24-16(18-12)17-11-5-3-2-4-6-11;8-7(10)9-6-4-2-1-3-5-6/h2-9,20H,1H3,(H,17,18);1-5H,(H3,8,9,10). The monoisotopic (exact) mass is 495 g/mol. The fraction of sp³-hybridized carbons (Fsp3) is 0.0435. The first kappa shape index (κ1) is 24.4. The molecule has 1 aromatic heterocycles. The van der Waals surface area contributed by atoms with Crippen molar-refractivity contribution in [3.8, 4) is 22.8 Å². The van der Waals surface area contributed by atoms with Crippen molar-refractivity contribution in [3.05, 3.63) is 88.3 Å². The summed E-state index contributed by atoms with van der Waals surface area (Å²) in [7, 11) is 1.34.